The number of hydrogen-bond donors (Lipinski definition) is 3. The Hall–Kier alpha value is -5.10. The Balaban J connectivity index is 0.000000153. The first-order valence-electron chi connectivity index (χ1n) is 13.0. The van der Waals surface area contributed by atoms with Crippen molar-refractivity contribution in [2.45, 2.75) is 11.1 Å². The van der Waals surface area contributed by atoms with Crippen molar-refractivity contribution in [3.63, 3.8) is 0 Å². The number of rotatable bonds is 4. The summed E-state index contributed by atoms with van der Waals surface area (Å²) in [6, 6.07) is 16.8. The fourth-order valence-corrected chi connectivity index (χ4v) is 6.32. The zero-order chi connectivity index (χ0) is 29.5. The normalized spacial score (nSPS) is 14.0. The number of halogens is 1. The van der Waals surface area contributed by atoms with Gasteiger partial charge in [0.25, 0.3) is 0 Å². The number of fused-ring (bicyclic) bond motifs is 4. The third kappa shape index (κ3) is 4.85. The Morgan fingerprint density at radius 3 is 2.55 bits per heavy atom. The van der Waals surface area contributed by atoms with Gasteiger partial charge in [0.1, 0.15) is 16.7 Å². The van der Waals surface area contributed by atoms with Gasteiger partial charge in [-0.15, -0.1) is 11.8 Å². The summed E-state index contributed by atoms with van der Waals surface area (Å²) in [6.07, 6.45) is 5.64. The minimum Gasteiger partial charge on any atom is -0.350 e. The van der Waals surface area contributed by atoms with Crippen LogP contribution in [-0.2, 0) is 5.75 Å². The largest absolute Gasteiger partial charge is 0.350 e. The third-order valence-electron chi connectivity index (χ3n) is 7.04. The molecule has 0 saturated heterocycles. The van der Waals surface area contributed by atoms with Crippen LogP contribution in [0.15, 0.2) is 84.0 Å². The average Bonchev–Trinajstić information content (AvgIpc) is 3.34. The average molecular weight is 584 g/mol. The SMILES string of the molecule is CN(C)C(=O)n1c2cc(-c3ccc(F)cc3)ccc2c2c(=O)c21.NC(=O)NNc1ccn2c1CSC2c1cccnc1. The van der Waals surface area contributed by atoms with Crippen LogP contribution in [0.5, 0.6) is 0 Å². The second-order valence-corrected chi connectivity index (χ2v) is 11.0. The highest BCUT2D eigenvalue weighted by atomic mass is 32.2. The van der Waals surface area contributed by atoms with Crippen LogP contribution in [-0.4, -0.2) is 45.2 Å². The number of carbonyl (C=O) groups is 2. The number of primary amides is 1. The molecule has 7 rings (SSSR count). The van der Waals surface area contributed by atoms with Crippen LogP contribution in [0.25, 0.3) is 32.9 Å². The molecule has 0 radical (unpaired) electrons. The summed E-state index contributed by atoms with van der Waals surface area (Å²) in [6.45, 7) is 0. The monoisotopic (exact) mass is 583 g/mol. The Bertz CT molecular complexity index is 1950. The molecular formula is C30H26FN7O3S. The van der Waals surface area contributed by atoms with Gasteiger partial charge in [-0.3, -0.25) is 25.2 Å². The lowest BCUT2D eigenvalue weighted by Gasteiger charge is -2.12. The molecule has 1 unspecified atom stereocenters. The van der Waals surface area contributed by atoms with Crippen LogP contribution < -0.4 is 22.0 Å². The quantitative estimate of drug-likeness (QED) is 0.250. The zero-order valence-electron chi connectivity index (χ0n) is 22.7. The van der Waals surface area contributed by atoms with Gasteiger partial charge >= 0.3 is 12.1 Å². The molecule has 3 aromatic heterocycles. The molecule has 0 fully saturated rings. The number of thioether (sulfide) groups is 1. The minimum atomic E-state index is -0.602. The number of nitrogens with zero attached hydrogens (tertiary/aromatic N) is 4. The smallest absolute Gasteiger partial charge is 0.330 e. The Kier molecular flexibility index (Phi) is 6.91. The number of pyridine rings is 2. The standard InChI is InChI=1S/C18H13FN2O2.C12H13N5OS/c1-20(2)18(23)21-14-9-11(10-3-6-12(19)7-4-10)5-8-13(14)15-16(21)17(15)22;13-12(18)16-15-9-3-5-17-10(9)7-19-11(17)8-2-1-4-14-6-8/h3-9H,1-2H3;1-6,11,15H,7H2,(H3,13,16,18). The molecule has 12 heteroatoms. The van der Waals surface area contributed by atoms with Crippen molar-refractivity contribution >= 4 is 51.3 Å². The molecule has 6 aromatic rings. The van der Waals surface area contributed by atoms with E-state index >= 15 is 0 Å². The molecular weight excluding hydrogens is 557 g/mol. The van der Waals surface area contributed by atoms with Crippen molar-refractivity contribution in [2.24, 2.45) is 5.73 Å². The minimum absolute atomic E-state index is 0.0674. The molecule has 0 spiro atoms. The topological polar surface area (TPSA) is 127 Å². The molecule has 4 N–H and O–H groups in total. The summed E-state index contributed by atoms with van der Waals surface area (Å²) in [4.78, 5) is 40.6. The lowest BCUT2D eigenvalue weighted by molar-refractivity contribution is 0.221. The summed E-state index contributed by atoms with van der Waals surface area (Å²) >= 11 is 1.82. The van der Waals surface area contributed by atoms with Gasteiger partial charge in [-0.1, -0.05) is 30.3 Å². The van der Waals surface area contributed by atoms with Gasteiger partial charge in [-0.25, -0.2) is 14.0 Å². The molecule has 0 aliphatic carbocycles. The van der Waals surface area contributed by atoms with Gasteiger partial charge in [0.05, 0.1) is 22.3 Å². The molecule has 42 heavy (non-hydrogen) atoms. The van der Waals surface area contributed by atoms with Crippen LogP contribution >= 0.6 is 11.8 Å². The number of aromatic nitrogens is 3. The van der Waals surface area contributed by atoms with Crippen LogP contribution in [0.1, 0.15) is 16.6 Å². The molecule has 3 aromatic carbocycles. The number of anilines is 1. The predicted octanol–water partition coefficient (Wildman–Crippen LogP) is 5.04. The van der Waals surface area contributed by atoms with Crippen molar-refractivity contribution in [3.05, 3.63) is 107 Å². The first-order valence-corrected chi connectivity index (χ1v) is 14.0. The number of nitrogens with two attached hydrogens (primary N) is 1. The van der Waals surface area contributed by atoms with Crippen LogP contribution in [0.2, 0.25) is 0 Å². The van der Waals surface area contributed by atoms with Gasteiger partial charge in [0.2, 0.25) is 5.43 Å². The summed E-state index contributed by atoms with van der Waals surface area (Å²) in [5.74, 6) is 0.576. The fraction of sp³-hybridized carbons (Fsp3) is 0.133. The van der Waals surface area contributed by atoms with Crippen molar-refractivity contribution in [1.82, 2.24) is 24.4 Å². The molecule has 4 heterocycles. The highest BCUT2D eigenvalue weighted by molar-refractivity contribution is 7.99. The third-order valence-corrected chi connectivity index (χ3v) is 8.30. The summed E-state index contributed by atoms with van der Waals surface area (Å²) in [5, 5.41) is 1.64. The molecule has 0 saturated carbocycles. The second-order valence-electron chi connectivity index (χ2n) is 9.95. The summed E-state index contributed by atoms with van der Waals surface area (Å²) in [7, 11) is 3.30. The maximum Gasteiger partial charge on any atom is 0.330 e. The van der Waals surface area contributed by atoms with Gasteiger partial charge in [0, 0.05) is 49.4 Å². The maximum absolute atomic E-state index is 13.1. The summed E-state index contributed by atoms with van der Waals surface area (Å²) in [5.41, 5.74) is 16.2. The van der Waals surface area contributed by atoms with E-state index in [1.165, 1.54) is 21.6 Å². The van der Waals surface area contributed by atoms with E-state index in [1.54, 1.807) is 32.4 Å². The number of nitrogens with one attached hydrogen (secondary N) is 2. The number of urea groups is 1. The van der Waals surface area contributed by atoms with Gasteiger partial charge < -0.3 is 15.2 Å². The Labute approximate surface area is 243 Å². The van der Waals surface area contributed by atoms with E-state index in [9.17, 15) is 18.8 Å². The first-order chi connectivity index (χ1) is 20.2. The summed E-state index contributed by atoms with van der Waals surface area (Å²) < 4.78 is 16.7. The van der Waals surface area contributed by atoms with E-state index in [1.807, 2.05) is 54.5 Å². The Morgan fingerprint density at radius 1 is 1.10 bits per heavy atom. The van der Waals surface area contributed by atoms with E-state index in [-0.39, 0.29) is 22.7 Å². The van der Waals surface area contributed by atoms with Crippen molar-refractivity contribution in [1.29, 1.82) is 0 Å². The Morgan fingerprint density at radius 2 is 1.86 bits per heavy atom. The molecule has 1 aliphatic rings. The highest BCUT2D eigenvalue weighted by Gasteiger charge is 2.29. The van der Waals surface area contributed by atoms with Crippen LogP contribution in [0.4, 0.5) is 19.7 Å². The van der Waals surface area contributed by atoms with E-state index in [0.717, 1.165) is 39.2 Å². The van der Waals surface area contributed by atoms with Crippen molar-refractivity contribution in [3.8, 4) is 11.1 Å². The lowest BCUT2D eigenvalue weighted by Crippen LogP contribution is -2.34. The van der Waals surface area contributed by atoms with Crippen molar-refractivity contribution < 1.29 is 14.0 Å². The number of benzene rings is 2. The molecule has 10 nitrogen and oxygen atoms in total. The molecule has 212 valence electrons. The zero-order valence-corrected chi connectivity index (χ0v) is 23.5. The van der Waals surface area contributed by atoms with Gasteiger partial charge in [0.15, 0.2) is 0 Å². The number of hydrazine groups is 1. The predicted molar refractivity (Wildman–Crippen MR) is 162 cm³/mol. The van der Waals surface area contributed by atoms with Crippen LogP contribution in [0.3, 0.4) is 0 Å². The number of amides is 3. The lowest BCUT2D eigenvalue weighted by atomic mass is 10.0. The molecule has 3 amide bonds. The van der Waals surface area contributed by atoms with Crippen molar-refractivity contribution in [2.75, 3.05) is 19.5 Å². The van der Waals surface area contributed by atoms with E-state index in [2.05, 4.69) is 26.5 Å². The number of hydrogen-bond acceptors (Lipinski definition) is 6. The van der Waals surface area contributed by atoms with E-state index < -0.39 is 6.03 Å². The molecule has 0 bridgehead atoms. The van der Waals surface area contributed by atoms with E-state index in [4.69, 9.17) is 5.73 Å². The maximum atomic E-state index is 13.1. The first kappa shape index (κ1) is 27.1. The number of carbonyl (C=O) groups excluding carboxylic acids is 2. The molecule has 1 atom stereocenters. The van der Waals surface area contributed by atoms with E-state index in [0.29, 0.717) is 16.4 Å². The molecule has 1 aliphatic heterocycles. The van der Waals surface area contributed by atoms with Gasteiger partial charge in [-0.2, -0.15) is 0 Å². The van der Waals surface area contributed by atoms with Crippen LogP contribution in [0, 0.1) is 5.82 Å². The highest BCUT2D eigenvalue weighted by Crippen LogP contribution is 2.43. The van der Waals surface area contributed by atoms with Gasteiger partial charge in [-0.05, 0) is 41.5 Å². The fourth-order valence-electron chi connectivity index (χ4n) is 5.01. The second kappa shape index (κ2) is 10.7.